The van der Waals surface area contributed by atoms with Crippen LogP contribution in [0, 0.1) is 5.82 Å². The summed E-state index contributed by atoms with van der Waals surface area (Å²) in [6.45, 7) is 1.50. The molecule has 0 spiro atoms. The highest BCUT2D eigenvalue weighted by Gasteiger charge is 2.33. The molecular formula is C13H14FNO3. The number of benzene rings is 1. The number of halogens is 1. The fourth-order valence-electron chi connectivity index (χ4n) is 2.70. The molecule has 18 heavy (non-hydrogen) atoms. The standard InChI is InChI=1S/C13H14FNO3/c14-12-5-8(1-4-11(12)13(16)17)15-6-9-2-3-10(7-15)18-9/h1,4-5,9-10H,2-3,6-7H2,(H,16,17). The van der Waals surface area contributed by atoms with Gasteiger partial charge in [-0.1, -0.05) is 0 Å². The van der Waals surface area contributed by atoms with E-state index in [2.05, 4.69) is 4.90 Å². The lowest BCUT2D eigenvalue weighted by Gasteiger charge is -2.33. The highest BCUT2D eigenvalue weighted by atomic mass is 19.1. The lowest BCUT2D eigenvalue weighted by Crippen LogP contribution is -2.42. The molecule has 2 aliphatic rings. The van der Waals surface area contributed by atoms with Crippen molar-refractivity contribution < 1.29 is 19.0 Å². The fourth-order valence-corrected chi connectivity index (χ4v) is 2.70. The van der Waals surface area contributed by atoms with E-state index in [0.717, 1.165) is 31.6 Å². The number of carbonyl (C=O) groups is 1. The molecule has 2 bridgehead atoms. The number of aromatic carboxylic acids is 1. The molecular weight excluding hydrogens is 237 g/mol. The zero-order valence-corrected chi connectivity index (χ0v) is 9.80. The van der Waals surface area contributed by atoms with E-state index < -0.39 is 11.8 Å². The van der Waals surface area contributed by atoms with Crippen molar-refractivity contribution in [2.24, 2.45) is 0 Å². The Labute approximate surface area is 104 Å². The second-order valence-corrected chi connectivity index (χ2v) is 4.83. The maximum atomic E-state index is 13.6. The highest BCUT2D eigenvalue weighted by Crippen LogP contribution is 2.30. The third-order valence-electron chi connectivity index (χ3n) is 3.59. The van der Waals surface area contributed by atoms with Crippen LogP contribution in [0.5, 0.6) is 0 Å². The van der Waals surface area contributed by atoms with E-state index in [1.807, 2.05) is 0 Å². The van der Waals surface area contributed by atoms with Crippen molar-refractivity contribution in [2.45, 2.75) is 25.0 Å². The maximum Gasteiger partial charge on any atom is 0.338 e. The van der Waals surface area contributed by atoms with E-state index in [9.17, 15) is 9.18 Å². The lowest BCUT2D eigenvalue weighted by molar-refractivity contribution is 0.0304. The molecule has 0 aromatic heterocycles. The molecule has 0 radical (unpaired) electrons. The van der Waals surface area contributed by atoms with E-state index in [1.54, 1.807) is 6.07 Å². The van der Waals surface area contributed by atoms with Crippen molar-refractivity contribution in [3.63, 3.8) is 0 Å². The van der Waals surface area contributed by atoms with Crippen LogP contribution in [0.2, 0.25) is 0 Å². The van der Waals surface area contributed by atoms with Crippen LogP contribution in [0.3, 0.4) is 0 Å². The van der Waals surface area contributed by atoms with Crippen molar-refractivity contribution >= 4 is 11.7 Å². The maximum absolute atomic E-state index is 13.6. The third kappa shape index (κ3) is 1.95. The summed E-state index contributed by atoms with van der Waals surface area (Å²) in [6.07, 6.45) is 2.56. The van der Waals surface area contributed by atoms with Gasteiger partial charge < -0.3 is 14.7 Å². The van der Waals surface area contributed by atoms with Gasteiger partial charge in [-0.15, -0.1) is 0 Å². The van der Waals surface area contributed by atoms with Crippen molar-refractivity contribution in [2.75, 3.05) is 18.0 Å². The minimum Gasteiger partial charge on any atom is -0.478 e. The predicted molar refractivity (Wildman–Crippen MR) is 63.5 cm³/mol. The van der Waals surface area contributed by atoms with Crippen LogP contribution in [0.25, 0.3) is 0 Å². The van der Waals surface area contributed by atoms with E-state index in [1.165, 1.54) is 12.1 Å². The Balaban J connectivity index is 1.84. The average molecular weight is 251 g/mol. The fraction of sp³-hybridized carbons (Fsp3) is 0.462. The van der Waals surface area contributed by atoms with Gasteiger partial charge in [-0.3, -0.25) is 0 Å². The normalized spacial score (nSPS) is 26.4. The highest BCUT2D eigenvalue weighted by molar-refractivity contribution is 5.88. The first-order valence-electron chi connectivity index (χ1n) is 6.07. The van der Waals surface area contributed by atoms with Crippen molar-refractivity contribution in [3.8, 4) is 0 Å². The number of ether oxygens (including phenoxy) is 1. The van der Waals surface area contributed by atoms with E-state index in [4.69, 9.17) is 9.84 Å². The van der Waals surface area contributed by atoms with Crippen molar-refractivity contribution in [3.05, 3.63) is 29.6 Å². The number of fused-ring (bicyclic) bond motifs is 2. The molecule has 0 aliphatic carbocycles. The van der Waals surface area contributed by atoms with Gasteiger partial charge in [0.1, 0.15) is 5.82 Å². The molecule has 2 heterocycles. The largest absolute Gasteiger partial charge is 0.478 e. The smallest absolute Gasteiger partial charge is 0.338 e. The Morgan fingerprint density at radius 2 is 2.00 bits per heavy atom. The quantitative estimate of drug-likeness (QED) is 0.872. The Morgan fingerprint density at radius 3 is 2.56 bits per heavy atom. The number of hydrogen-bond acceptors (Lipinski definition) is 3. The zero-order chi connectivity index (χ0) is 12.7. The number of anilines is 1. The Kier molecular flexibility index (Phi) is 2.70. The molecule has 0 saturated carbocycles. The first-order chi connectivity index (χ1) is 8.63. The molecule has 2 saturated heterocycles. The molecule has 0 amide bonds. The molecule has 3 rings (SSSR count). The van der Waals surface area contributed by atoms with Crippen LogP contribution in [-0.2, 0) is 4.74 Å². The number of hydrogen-bond donors (Lipinski definition) is 1. The molecule has 2 unspecified atom stereocenters. The first kappa shape index (κ1) is 11.5. The Morgan fingerprint density at radius 1 is 1.33 bits per heavy atom. The molecule has 1 aromatic carbocycles. The SMILES string of the molecule is O=C(O)c1ccc(N2CC3CCC(C2)O3)cc1F. The van der Waals surface area contributed by atoms with Gasteiger partial charge in [-0.25, -0.2) is 9.18 Å². The van der Waals surface area contributed by atoms with Gasteiger partial charge in [-0.2, -0.15) is 0 Å². The number of carboxylic acids is 1. The van der Waals surface area contributed by atoms with Crippen LogP contribution in [0.1, 0.15) is 23.2 Å². The number of carboxylic acid groups (broad SMARTS) is 1. The molecule has 2 fully saturated rings. The van der Waals surface area contributed by atoms with Gasteiger partial charge in [0, 0.05) is 18.8 Å². The van der Waals surface area contributed by atoms with Crippen LogP contribution in [0.4, 0.5) is 10.1 Å². The summed E-state index contributed by atoms with van der Waals surface area (Å²) in [5.74, 6) is -1.92. The van der Waals surface area contributed by atoms with Gasteiger partial charge in [0.15, 0.2) is 0 Å². The summed E-state index contributed by atoms with van der Waals surface area (Å²) < 4.78 is 19.3. The second-order valence-electron chi connectivity index (χ2n) is 4.83. The van der Waals surface area contributed by atoms with Gasteiger partial charge in [0.05, 0.1) is 17.8 Å². The van der Waals surface area contributed by atoms with E-state index >= 15 is 0 Å². The zero-order valence-electron chi connectivity index (χ0n) is 9.80. The van der Waals surface area contributed by atoms with Crippen molar-refractivity contribution in [1.82, 2.24) is 0 Å². The molecule has 96 valence electrons. The molecule has 5 heteroatoms. The van der Waals surface area contributed by atoms with Crippen LogP contribution in [0.15, 0.2) is 18.2 Å². The second kappa shape index (κ2) is 4.24. The summed E-state index contributed by atoms with van der Waals surface area (Å²) in [6, 6.07) is 4.29. The number of rotatable bonds is 2. The summed E-state index contributed by atoms with van der Waals surface area (Å²) >= 11 is 0. The molecule has 2 aliphatic heterocycles. The number of morpholine rings is 1. The average Bonchev–Trinajstić information content (AvgIpc) is 2.67. The molecule has 1 N–H and O–H groups in total. The molecule has 1 aromatic rings. The predicted octanol–water partition coefficient (Wildman–Crippen LogP) is 1.89. The lowest BCUT2D eigenvalue weighted by atomic mass is 10.1. The minimum absolute atomic E-state index is 0.228. The molecule has 2 atom stereocenters. The molecule has 4 nitrogen and oxygen atoms in total. The summed E-state index contributed by atoms with van der Waals surface area (Å²) in [7, 11) is 0. The Hall–Kier alpha value is -1.62. The monoisotopic (exact) mass is 251 g/mol. The minimum atomic E-state index is -1.24. The van der Waals surface area contributed by atoms with Crippen LogP contribution < -0.4 is 4.90 Å². The first-order valence-corrected chi connectivity index (χ1v) is 6.07. The topological polar surface area (TPSA) is 49.8 Å². The van der Waals surface area contributed by atoms with E-state index in [0.29, 0.717) is 0 Å². The van der Waals surface area contributed by atoms with Gasteiger partial charge in [0.2, 0.25) is 0 Å². The van der Waals surface area contributed by atoms with E-state index in [-0.39, 0.29) is 17.8 Å². The van der Waals surface area contributed by atoms with Gasteiger partial charge >= 0.3 is 5.97 Å². The van der Waals surface area contributed by atoms with Crippen molar-refractivity contribution in [1.29, 1.82) is 0 Å². The third-order valence-corrected chi connectivity index (χ3v) is 3.59. The number of nitrogens with zero attached hydrogens (tertiary/aromatic N) is 1. The summed E-state index contributed by atoms with van der Waals surface area (Å²) in [5.41, 5.74) is 0.452. The van der Waals surface area contributed by atoms with Crippen LogP contribution in [-0.4, -0.2) is 36.4 Å². The van der Waals surface area contributed by atoms with Crippen LogP contribution >= 0.6 is 0 Å². The Bertz CT molecular complexity index is 479. The summed E-state index contributed by atoms with van der Waals surface area (Å²) in [4.78, 5) is 12.8. The van der Waals surface area contributed by atoms with Gasteiger partial charge in [0.25, 0.3) is 0 Å². The van der Waals surface area contributed by atoms with Gasteiger partial charge in [-0.05, 0) is 31.0 Å². The summed E-state index contributed by atoms with van der Waals surface area (Å²) in [5, 5.41) is 8.79.